The highest BCUT2D eigenvalue weighted by Crippen LogP contribution is 2.21. The Morgan fingerprint density at radius 1 is 0.968 bits per heavy atom. The number of anilines is 3. The van der Waals surface area contributed by atoms with E-state index in [9.17, 15) is 31.2 Å². The first-order chi connectivity index (χ1) is 14.5. The zero-order valence-electron chi connectivity index (χ0n) is 15.3. The van der Waals surface area contributed by atoms with Gasteiger partial charge in [-0.15, -0.1) is 11.3 Å². The highest BCUT2D eigenvalue weighted by atomic mass is 32.2. The molecule has 0 radical (unpaired) electrons. The summed E-state index contributed by atoms with van der Waals surface area (Å²) in [6, 6.07) is 10.2. The van der Waals surface area contributed by atoms with E-state index >= 15 is 0 Å². The van der Waals surface area contributed by atoms with Crippen LogP contribution in [0.4, 0.5) is 29.7 Å². The van der Waals surface area contributed by atoms with Gasteiger partial charge in [0.25, 0.3) is 15.9 Å². The lowest BCUT2D eigenvalue weighted by atomic mass is 10.2. The minimum absolute atomic E-state index is 0.0119. The number of thiazole rings is 1. The summed E-state index contributed by atoms with van der Waals surface area (Å²) >= 11 is 1.11. The smallest absolute Gasteiger partial charge is 0.322 e. The van der Waals surface area contributed by atoms with E-state index in [1.165, 1.54) is 48.7 Å². The lowest BCUT2D eigenvalue weighted by molar-refractivity contribution is -0.167. The number of amides is 2. The molecular formula is C18H13F3N4O4S2. The molecule has 0 spiro atoms. The molecule has 0 aliphatic heterocycles. The predicted molar refractivity (Wildman–Crippen MR) is 108 cm³/mol. The Hall–Kier alpha value is -3.45. The van der Waals surface area contributed by atoms with Gasteiger partial charge in [0.2, 0.25) is 0 Å². The quantitative estimate of drug-likeness (QED) is 0.508. The SMILES string of the molecule is O=C(Nc1ccc(S(=O)(=O)Nc2nccs2)cc1)c1cccc(NC(=O)C(F)(F)F)c1. The van der Waals surface area contributed by atoms with Crippen LogP contribution in [0.3, 0.4) is 0 Å². The minimum atomic E-state index is -5.06. The number of aromatic nitrogens is 1. The number of hydrogen-bond donors (Lipinski definition) is 3. The Bertz CT molecular complexity index is 1200. The van der Waals surface area contributed by atoms with Gasteiger partial charge in [-0.05, 0) is 42.5 Å². The molecule has 2 amide bonds. The van der Waals surface area contributed by atoms with E-state index in [0.717, 1.165) is 17.4 Å². The molecule has 13 heteroatoms. The summed E-state index contributed by atoms with van der Waals surface area (Å²) in [6.07, 6.45) is -3.61. The van der Waals surface area contributed by atoms with Gasteiger partial charge in [-0.3, -0.25) is 14.3 Å². The fourth-order valence-electron chi connectivity index (χ4n) is 2.31. The minimum Gasteiger partial charge on any atom is -0.322 e. The standard InChI is InChI=1S/C18H13F3N4O4S2/c19-18(20,21)16(27)24-13-3-1-2-11(10-13)15(26)23-12-4-6-14(7-5-12)31(28,29)25-17-22-8-9-30-17/h1-10H,(H,22,25)(H,23,26)(H,24,27). The summed E-state index contributed by atoms with van der Waals surface area (Å²) in [4.78, 5) is 27.2. The summed E-state index contributed by atoms with van der Waals surface area (Å²) in [5.74, 6) is -2.83. The van der Waals surface area contributed by atoms with Crippen LogP contribution in [-0.2, 0) is 14.8 Å². The molecule has 0 unspecified atom stereocenters. The molecule has 2 aromatic carbocycles. The number of hydrogen-bond acceptors (Lipinski definition) is 6. The summed E-state index contributed by atoms with van der Waals surface area (Å²) in [5, 5.41) is 5.97. The van der Waals surface area contributed by atoms with E-state index in [-0.39, 0.29) is 27.0 Å². The van der Waals surface area contributed by atoms with Crippen molar-refractivity contribution in [3.63, 3.8) is 0 Å². The van der Waals surface area contributed by atoms with Crippen molar-refractivity contribution in [2.75, 3.05) is 15.4 Å². The van der Waals surface area contributed by atoms with Gasteiger partial charge >= 0.3 is 12.1 Å². The van der Waals surface area contributed by atoms with Crippen molar-refractivity contribution in [2.45, 2.75) is 11.1 Å². The van der Waals surface area contributed by atoms with E-state index in [1.54, 1.807) is 10.7 Å². The van der Waals surface area contributed by atoms with Gasteiger partial charge in [0.15, 0.2) is 5.13 Å². The van der Waals surface area contributed by atoms with Crippen molar-refractivity contribution in [3.8, 4) is 0 Å². The fraction of sp³-hybridized carbons (Fsp3) is 0.0556. The molecule has 0 saturated heterocycles. The maximum absolute atomic E-state index is 12.4. The molecule has 0 atom stereocenters. The third kappa shape index (κ3) is 5.79. The second-order valence-electron chi connectivity index (χ2n) is 5.95. The Balaban J connectivity index is 1.68. The van der Waals surface area contributed by atoms with Gasteiger partial charge in [0.1, 0.15) is 0 Å². The third-order valence-corrected chi connectivity index (χ3v) is 5.89. The molecule has 1 aromatic heterocycles. The predicted octanol–water partition coefficient (Wildman–Crippen LogP) is 3.70. The number of sulfonamides is 1. The first-order valence-electron chi connectivity index (χ1n) is 8.36. The largest absolute Gasteiger partial charge is 0.471 e. The molecule has 31 heavy (non-hydrogen) atoms. The molecule has 162 valence electrons. The van der Waals surface area contributed by atoms with Crippen LogP contribution in [0.15, 0.2) is 65.0 Å². The van der Waals surface area contributed by atoms with Gasteiger partial charge in [-0.1, -0.05) is 6.07 Å². The maximum Gasteiger partial charge on any atom is 0.471 e. The number of carbonyl (C=O) groups excluding carboxylic acids is 2. The number of alkyl halides is 3. The van der Waals surface area contributed by atoms with E-state index in [4.69, 9.17) is 0 Å². The van der Waals surface area contributed by atoms with Crippen LogP contribution in [0.2, 0.25) is 0 Å². The molecule has 0 bridgehead atoms. The molecule has 0 aliphatic rings. The molecule has 3 rings (SSSR count). The van der Waals surface area contributed by atoms with Crippen molar-refractivity contribution in [1.29, 1.82) is 0 Å². The zero-order valence-corrected chi connectivity index (χ0v) is 16.9. The second-order valence-corrected chi connectivity index (χ2v) is 8.53. The van der Waals surface area contributed by atoms with Crippen molar-refractivity contribution < 1.29 is 31.2 Å². The van der Waals surface area contributed by atoms with E-state index in [0.29, 0.717) is 0 Å². The Kier molecular flexibility index (Phi) is 6.27. The molecule has 0 saturated carbocycles. The third-order valence-electron chi connectivity index (χ3n) is 3.72. The number of nitrogens with zero attached hydrogens (tertiary/aromatic N) is 1. The highest BCUT2D eigenvalue weighted by Gasteiger charge is 2.38. The molecule has 3 N–H and O–H groups in total. The maximum atomic E-state index is 12.4. The normalized spacial score (nSPS) is 11.6. The van der Waals surface area contributed by atoms with Crippen LogP contribution in [0, 0.1) is 0 Å². The topological polar surface area (TPSA) is 117 Å². The summed E-state index contributed by atoms with van der Waals surface area (Å²) in [7, 11) is -3.86. The number of nitrogens with one attached hydrogen (secondary N) is 3. The number of halogens is 3. The van der Waals surface area contributed by atoms with E-state index in [1.807, 2.05) is 0 Å². The van der Waals surface area contributed by atoms with E-state index in [2.05, 4.69) is 15.0 Å². The van der Waals surface area contributed by atoms with E-state index < -0.39 is 28.0 Å². The fourth-order valence-corrected chi connectivity index (χ4v) is 4.10. The molecule has 3 aromatic rings. The number of benzene rings is 2. The van der Waals surface area contributed by atoms with Crippen LogP contribution < -0.4 is 15.4 Å². The number of rotatable bonds is 6. The van der Waals surface area contributed by atoms with Gasteiger partial charge in [-0.2, -0.15) is 13.2 Å². The van der Waals surface area contributed by atoms with Gasteiger partial charge in [-0.25, -0.2) is 13.4 Å². The van der Waals surface area contributed by atoms with Gasteiger partial charge < -0.3 is 10.6 Å². The zero-order chi connectivity index (χ0) is 22.6. The average Bonchev–Trinajstić information content (AvgIpc) is 3.20. The molecule has 1 heterocycles. The van der Waals surface area contributed by atoms with Crippen LogP contribution in [0.25, 0.3) is 0 Å². The lowest BCUT2D eigenvalue weighted by Gasteiger charge is -2.10. The van der Waals surface area contributed by atoms with Crippen LogP contribution in [0.5, 0.6) is 0 Å². The summed E-state index contributed by atoms with van der Waals surface area (Å²) in [5.41, 5.74) is 0.0368. The lowest BCUT2D eigenvalue weighted by Crippen LogP contribution is -2.30. The van der Waals surface area contributed by atoms with Gasteiger partial charge in [0.05, 0.1) is 4.90 Å². The molecule has 8 nitrogen and oxygen atoms in total. The summed E-state index contributed by atoms with van der Waals surface area (Å²) in [6.45, 7) is 0. The van der Waals surface area contributed by atoms with Crippen LogP contribution in [0.1, 0.15) is 10.4 Å². The monoisotopic (exact) mass is 470 g/mol. The van der Waals surface area contributed by atoms with Gasteiger partial charge in [0, 0.05) is 28.5 Å². The van der Waals surface area contributed by atoms with Crippen molar-refractivity contribution in [3.05, 3.63) is 65.7 Å². The van der Waals surface area contributed by atoms with Crippen LogP contribution >= 0.6 is 11.3 Å². The second kappa shape index (κ2) is 8.73. The Morgan fingerprint density at radius 3 is 2.29 bits per heavy atom. The van der Waals surface area contributed by atoms with Crippen molar-refractivity contribution in [1.82, 2.24) is 4.98 Å². The molecule has 0 aliphatic carbocycles. The Labute approximate surface area is 178 Å². The molecular weight excluding hydrogens is 457 g/mol. The average molecular weight is 470 g/mol. The highest BCUT2D eigenvalue weighted by molar-refractivity contribution is 7.93. The first kappa shape index (κ1) is 22.2. The summed E-state index contributed by atoms with van der Waals surface area (Å²) < 4.78 is 64.0. The first-order valence-corrected chi connectivity index (χ1v) is 10.7. The Morgan fingerprint density at radius 2 is 1.68 bits per heavy atom. The number of carbonyl (C=O) groups is 2. The molecule has 0 fully saturated rings. The van der Waals surface area contributed by atoms with Crippen molar-refractivity contribution in [2.24, 2.45) is 0 Å². The van der Waals surface area contributed by atoms with Crippen LogP contribution in [-0.4, -0.2) is 31.4 Å². The van der Waals surface area contributed by atoms with Crippen molar-refractivity contribution >= 4 is 49.7 Å².